The second-order valence-corrected chi connectivity index (χ2v) is 6.78. The summed E-state index contributed by atoms with van der Waals surface area (Å²) in [6.45, 7) is 2.08. The molecule has 0 saturated carbocycles. The zero-order chi connectivity index (χ0) is 17.4. The minimum absolute atomic E-state index is 0.312. The number of carbonyl (C=O) groups excluding carboxylic acids is 1. The molecule has 0 bridgehead atoms. The van der Waals surface area contributed by atoms with Gasteiger partial charge in [-0.25, -0.2) is 9.79 Å². The molecule has 1 aliphatic heterocycles. The zero-order valence-electron chi connectivity index (χ0n) is 13.5. The van der Waals surface area contributed by atoms with Crippen LogP contribution in [0.5, 0.6) is 0 Å². The van der Waals surface area contributed by atoms with Crippen LogP contribution in [0.4, 0.5) is 0 Å². The zero-order valence-corrected chi connectivity index (χ0v) is 15.1. The lowest BCUT2D eigenvalue weighted by atomic mass is 10.00. The molecule has 1 heterocycles. The van der Waals surface area contributed by atoms with Gasteiger partial charge in [0.15, 0.2) is 5.70 Å². The van der Waals surface area contributed by atoms with Crippen LogP contribution < -0.4 is 0 Å². The smallest absolute Gasteiger partial charge is 0.363 e. The number of esters is 1. The van der Waals surface area contributed by atoms with Gasteiger partial charge in [-0.1, -0.05) is 52.3 Å². The van der Waals surface area contributed by atoms with Crippen molar-refractivity contribution in [2.75, 3.05) is 0 Å². The summed E-state index contributed by atoms with van der Waals surface area (Å²) in [6, 6.07) is 19.7. The van der Waals surface area contributed by atoms with E-state index in [-0.39, 0.29) is 0 Å². The predicted molar refractivity (Wildman–Crippen MR) is 103 cm³/mol. The molecular weight excluding hydrogens is 378 g/mol. The molecule has 122 valence electrons. The maximum atomic E-state index is 12.2. The monoisotopic (exact) mass is 391 g/mol. The number of halogens is 1. The number of fused-ring (bicyclic) bond motifs is 1. The summed E-state index contributed by atoms with van der Waals surface area (Å²) < 4.78 is 6.30. The maximum absolute atomic E-state index is 12.2. The first-order valence-corrected chi connectivity index (χ1v) is 8.68. The largest absolute Gasteiger partial charge is 0.402 e. The van der Waals surface area contributed by atoms with E-state index in [2.05, 4.69) is 33.9 Å². The number of hydrogen-bond acceptors (Lipinski definition) is 3. The first-order chi connectivity index (χ1) is 12.1. The third-order valence-corrected chi connectivity index (χ3v) is 4.71. The Balaban J connectivity index is 1.78. The van der Waals surface area contributed by atoms with E-state index in [1.165, 1.54) is 10.9 Å². The molecule has 4 rings (SSSR count). The molecule has 0 atom stereocenters. The van der Waals surface area contributed by atoms with Crippen molar-refractivity contribution < 1.29 is 9.53 Å². The molecule has 0 saturated heterocycles. The Morgan fingerprint density at radius 1 is 0.960 bits per heavy atom. The summed E-state index contributed by atoms with van der Waals surface area (Å²) in [6.07, 6.45) is 1.79. The van der Waals surface area contributed by atoms with Gasteiger partial charge in [-0.3, -0.25) is 0 Å². The van der Waals surface area contributed by atoms with Crippen molar-refractivity contribution in [1.82, 2.24) is 0 Å². The van der Waals surface area contributed by atoms with Crippen LogP contribution in [-0.4, -0.2) is 11.9 Å². The van der Waals surface area contributed by atoms with E-state index >= 15 is 0 Å². The van der Waals surface area contributed by atoms with E-state index in [1.807, 2.05) is 54.6 Å². The quantitative estimate of drug-likeness (QED) is 0.441. The Bertz CT molecular complexity index is 1050. The SMILES string of the molecule is Cc1ccc(/C=C2/N=C(c3ccc(Br)cc3)OC2=O)c2ccccc12. The molecule has 0 N–H and O–H groups in total. The molecule has 0 fully saturated rings. The highest BCUT2D eigenvalue weighted by molar-refractivity contribution is 9.10. The molecule has 0 aliphatic carbocycles. The molecule has 0 aromatic heterocycles. The molecule has 25 heavy (non-hydrogen) atoms. The van der Waals surface area contributed by atoms with Crippen LogP contribution in [0.2, 0.25) is 0 Å². The van der Waals surface area contributed by atoms with E-state index < -0.39 is 5.97 Å². The summed E-state index contributed by atoms with van der Waals surface area (Å²) in [5, 5.41) is 2.26. The summed E-state index contributed by atoms with van der Waals surface area (Å²) in [4.78, 5) is 16.6. The van der Waals surface area contributed by atoms with Gasteiger partial charge >= 0.3 is 5.97 Å². The number of carbonyl (C=O) groups is 1. The highest BCUT2D eigenvalue weighted by atomic mass is 79.9. The van der Waals surface area contributed by atoms with Crippen molar-refractivity contribution in [3.63, 3.8) is 0 Å². The van der Waals surface area contributed by atoms with Gasteiger partial charge in [0.25, 0.3) is 0 Å². The molecule has 0 radical (unpaired) electrons. The first kappa shape index (κ1) is 15.8. The third kappa shape index (κ3) is 3.01. The van der Waals surface area contributed by atoms with E-state index in [0.717, 1.165) is 21.0 Å². The van der Waals surface area contributed by atoms with Crippen molar-refractivity contribution in [1.29, 1.82) is 0 Å². The average molecular weight is 392 g/mol. The summed E-state index contributed by atoms with van der Waals surface area (Å²) in [7, 11) is 0. The Kier molecular flexibility index (Phi) is 3.98. The fourth-order valence-electron chi connectivity index (χ4n) is 2.87. The number of hydrogen-bond donors (Lipinski definition) is 0. The van der Waals surface area contributed by atoms with E-state index in [4.69, 9.17) is 4.74 Å². The van der Waals surface area contributed by atoms with Crippen molar-refractivity contribution in [2.24, 2.45) is 4.99 Å². The molecule has 0 unspecified atom stereocenters. The molecule has 3 nitrogen and oxygen atoms in total. The summed E-state index contributed by atoms with van der Waals surface area (Å²) >= 11 is 3.39. The van der Waals surface area contributed by atoms with Gasteiger partial charge in [-0.15, -0.1) is 0 Å². The van der Waals surface area contributed by atoms with Gasteiger partial charge in [-0.2, -0.15) is 0 Å². The van der Waals surface area contributed by atoms with Gasteiger partial charge < -0.3 is 4.74 Å². The second-order valence-electron chi connectivity index (χ2n) is 5.86. The lowest BCUT2D eigenvalue weighted by molar-refractivity contribution is -0.129. The second kappa shape index (κ2) is 6.30. The maximum Gasteiger partial charge on any atom is 0.363 e. The van der Waals surface area contributed by atoms with Crippen LogP contribution in [0.25, 0.3) is 16.8 Å². The predicted octanol–water partition coefficient (Wildman–Crippen LogP) is 5.26. The minimum Gasteiger partial charge on any atom is -0.402 e. The molecule has 0 spiro atoms. The Labute approximate surface area is 153 Å². The van der Waals surface area contributed by atoms with Crippen molar-refractivity contribution in [3.05, 3.63) is 87.5 Å². The lowest BCUT2D eigenvalue weighted by Crippen LogP contribution is -2.05. The molecule has 3 aromatic carbocycles. The van der Waals surface area contributed by atoms with E-state index in [0.29, 0.717) is 11.6 Å². The Morgan fingerprint density at radius 2 is 1.68 bits per heavy atom. The van der Waals surface area contributed by atoms with Crippen molar-refractivity contribution in [2.45, 2.75) is 6.92 Å². The first-order valence-electron chi connectivity index (χ1n) is 7.89. The van der Waals surface area contributed by atoms with Crippen LogP contribution in [0.3, 0.4) is 0 Å². The number of nitrogens with zero attached hydrogens (tertiary/aromatic N) is 1. The van der Waals surface area contributed by atoms with Crippen molar-refractivity contribution in [3.8, 4) is 0 Å². The Hall–Kier alpha value is -2.72. The van der Waals surface area contributed by atoms with Crippen LogP contribution in [-0.2, 0) is 9.53 Å². The normalized spacial score (nSPS) is 15.5. The molecule has 1 aliphatic rings. The van der Waals surface area contributed by atoms with Crippen LogP contribution in [0.1, 0.15) is 16.7 Å². The number of cyclic esters (lactones) is 1. The van der Waals surface area contributed by atoms with Gasteiger partial charge in [0, 0.05) is 10.0 Å². The summed E-state index contributed by atoms with van der Waals surface area (Å²) in [5.74, 6) is -0.0947. The number of rotatable bonds is 2. The van der Waals surface area contributed by atoms with Crippen LogP contribution >= 0.6 is 15.9 Å². The summed E-state index contributed by atoms with van der Waals surface area (Å²) in [5.41, 5.74) is 3.24. The molecule has 0 amide bonds. The van der Waals surface area contributed by atoms with Gasteiger partial charge in [-0.05, 0) is 59.2 Å². The van der Waals surface area contributed by atoms with E-state index in [1.54, 1.807) is 6.08 Å². The van der Waals surface area contributed by atoms with Gasteiger partial charge in [0.1, 0.15) is 0 Å². The standard InChI is InChI=1S/C21H14BrNO2/c1-13-6-7-15(18-5-3-2-4-17(13)18)12-19-21(24)25-20(23-19)14-8-10-16(22)11-9-14/h2-12H,1H3/b19-12+. The van der Waals surface area contributed by atoms with Gasteiger partial charge in [0.05, 0.1) is 0 Å². The topological polar surface area (TPSA) is 38.7 Å². The van der Waals surface area contributed by atoms with Crippen LogP contribution in [0, 0.1) is 6.92 Å². The lowest BCUT2D eigenvalue weighted by Gasteiger charge is -2.05. The fourth-order valence-corrected chi connectivity index (χ4v) is 3.14. The molecule has 3 aromatic rings. The third-order valence-electron chi connectivity index (χ3n) is 4.18. The number of aliphatic imine (C=N–C) groups is 1. The fraction of sp³-hybridized carbons (Fsp3) is 0.0476. The van der Waals surface area contributed by atoms with E-state index in [9.17, 15) is 4.79 Å². The molecule has 4 heteroatoms. The highest BCUT2D eigenvalue weighted by Crippen LogP contribution is 2.26. The molecular formula is C21H14BrNO2. The Morgan fingerprint density at radius 3 is 2.44 bits per heavy atom. The number of ether oxygens (including phenoxy) is 1. The van der Waals surface area contributed by atoms with Crippen molar-refractivity contribution >= 4 is 44.6 Å². The highest BCUT2D eigenvalue weighted by Gasteiger charge is 2.24. The number of benzene rings is 3. The van der Waals surface area contributed by atoms with Gasteiger partial charge in [0.2, 0.25) is 5.90 Å². The average Bonchev–Trinajstić information content (AvgIpc) is 2.99. The minimum atomic E-state index is -0.428. The number of aryl methyl sites for hydroxylation is 1. The van der Waals surface area contributed by atoms with Crippen LogP contribution in [0.15, 0.2) is 75.8 Å².